The summed E-state index contributed by atoms with van der Waals surface area (Å²) in [5.41, 5.74) is -0.847. The molecule has 2 amide bonds. The highest BCUT2D eigenvalue weighted by atomic mass is 35.5. The summed E-state index contributed by atoms with van der Waals surface area (Å²) in [7, 11) is 0. The number of hydrogen-bond acceptors (Lipinski definition) is 2. The van der Waals surface area contributed by atoms with E-state index < -0.39 is 17.8 Å². The van der Waals surface area contributed by atoms with Gasteiger partial charge in [0.05, 0.1) is 0 Å². The molecule has 11 heavy (non-hydrogen) atoms. The molecular formula is C5H8Cl2N2O2. The number of hydrogen-bond donors (Lipinski definition) is 1. The molecule has 1 atom stereocenters. The van der Waals surface area contributed by atoms with E-state index in [9.17, 15) is 9.90 Å². The molecule has 0 spiro atoms. The zero-order valence-electron chi connectivity index (χ0n) is 6.08. The molecule has 1 unspecified atom stereocenters. The van der Waals surface area contributed by atoms with Crippen LogP contribution in [0.15, 0.2) is 0 Å². The normalized spacial score (nSPS) is 29.9. The summed E-state index contributed by atoms with van der Waals surface area (Å²) < 4.78 is 1.55. The van der Waals surface area contributed by atoms with Crippen LogP contribution >= 0.6 is 23.6 Å². The quantitative estimate of drug-likeness (QED) is 0.594. The Bertz CT molecular complexity index is 197. The standard InChI is InChI=1S/C5H8Cl2N2O2/c1-5(2)3(10)8(6)4(11)9(5)7/h3,10H,1-2H3. The fourth-order valence-corrected chi connectivity index (χ4v) is 1.34. The molecular weight excluding hydrogens is 191 g/mol. The molecule has 0 saturated carbocycles. The lowest BCUT2D eigenvalue weighted by atomic mass is 10.1. The van der Waals surface area contributed by atoms with Crippen LogP contribution in [0.25, 0.3) is 0 Å². The molecule has 1 aliphatic rings. The van der Waals surface area contributed by atoms with Crippen molar-refractivity contribution in [1.29, 1.82) is 0 Å². The second kappa shape index (κ2) is 2.40. The zero-order chi connectivity index (χ0) is 8.81. The van der Waals surface area contributed by atoms with Crippen LogP contribution in [-0.2, 0) is 0 Å². The number of carbonyl (C=O) groups excluding carboxylic acids is 1. The molecule has 1 heterocycles. The summed E-state index contributed by atoms with van der Waals surface area (Å²) in [6.45, 7) is 3.23. The van der Waals surface area contributed by atoms with E-state index in [0.717, 1.165) is 4.42 Å². The van der Waals surface area contributed by atoms with Crippen LogP contribution in [0.2, 0.25) is 0 Å². The van der Waals surface area contributed by atoms with Gasteiger partial charge in [0, 0.05) is 23.6 Å². The first-order valence-corrected chi connectivity index (χ1v) is 3.69. The molecule has 0 radical (unpaired) electrons. The van der Waals surface area contributed by atoms with Crippen molar-refractivity contribution in [1.82, 2.24) is 8.84 Å². The summed E-state index contributed by atoms with van der Waals surface area (Å²) in [6.07, 6.45) is -1.07. The molecule has 0 aromatic rings. The first-order valence-electron chi connectivity index (χ1n) is 3.02. The lowest BCUT2D eigenvalue weighted by Crippen LogP contribution is -2.41. The number of aliphatic hydroxyl groups is 1. The number of aliphatic hydroxyl groups excluding tert-OH is 1. The highest BCUT2D eigenvalue weighted by molar-refractivity contribution is 6.29. The van der Waals surface area contributed by atoms with Gasteiger partial charge in [0.15, 0.2) is 6.23 Å². The third kappa shape index (κ3) is 1.06. The minimum atomic E-state index is -1.07. The Balaban J connectivity index is 2.96. The molecule has 1 saturated heterocycles. The van der Waals surface area contributed by atoms with Crippen molar-refractivity contribution in [3.05, 3.63) is 0 Å². The van der Waals surface area contributed by atoms with E-state index in [1.807, 2.05) is 0 Å². The lowest BCUT2D eigenvalue weighted by Gasteiger charge is -2.25. The van der Waals surface area contributed by atoms with Crippen LogP contribution in [0.1, 0.15) is 13.8 Å². The van der Waals surface area contributed by atoms with E-state index >= 15 is 0 Å². The molecule has 0 aromatic heterocycles. The van der Waals surface area contributed by atoms with Crippen LogP contribution in [-0.4, -0.2) is 31.7 Å². The Labute approximate surface area is 74.5 Å². The van der Waals surface area contributed by atoms with E-state index in [4.69, 9.17) is 23.6 Å². The Morgan fingerprint density at radius 1 is 1.55 bits per heavy atom. The molecule has 0 aliphatic carbocycles. The summed E-state index contributed by atoms with van der Waals surface area (Å²) in [5, 5.41) is 9.31. The Kier molecular flexibility index (Phi) is 1.94. The van der Waals surface area contributed by atoms with Gasteiger partial charge in [-0.2, -0.15) is 0 Å². The molecule has 64 valence electrons. The van der Waals surface area contributed by atoms with Gasteiger partial charge in [0.25, 0.3) is 0 Å². The molecule has 1 fully saturated rings. The summed E-state index contributed by atoms with van der Waals surface area (Å²) in [4.78, 5) is 11.0. The van der Waals surface area contributed by atoms with Crippen molar-refractivity contribution < 1.29 is 9.90 Å². The van der Waals surface area contributed by atoms with Crippen LogP contribution in [0.5, 0.6) is 0 Å². The van der Waals surface area contributed by atoms with E-state index in [1.165, 1.54) is 0 Å². The molecule has 6 heteroatoms. The second-order valence-corrected chi connectivity index (χ2v) is 3.60. The van der Waals surface area contributed by atoms with E-state index in [0.29, 0.717) is 4.42 Å². The van der Waals surface area contributed by atoms with Gasteiger partial charge < -0.3 is 5.11 Å². The first kappa shape index (κ1) is 8.90. The molecule has 1 rings (SSSR count). The minimum Gasteiger partial charge on any atom is -0.370 e. The van der Waals surface area contributed by atoms with Crippen LogP contribution in [0, 0.1) is 0 Å². The molecule has 1 aliphatic heterocycles. The largest absolute Gasteiger partial charge is 0.370 e. The fraction of sp³-hybridized carbons (Fsp3) is 0.800. The van der Waals surface area contributed by atoms with Crippen LogP contribution < -0.4 is 0 Å². The number of amides is 2. The number of nitrogens with zero attached hydrogens (tertiary/aromatic N) is 2. The SMILES string of the molecule is CC1(C)C(O)N(Cl)C(=O)N1Cl. The van der Waals surface area contributed by atoms with Crippen molar-refractivity contribution in [3.8, 4) is 0 Å². The Morgan fingerprint density at radius 2 is 2.00 bits per heavy atom. The molecule has 1 N–H and O–H groups in total. The summed E-state index contributed by atoms with van der Waals surface area (Å²) in [5.74, 6) is 0. The van der Waals surface area contributed by atoms with E-state index in [-0.39, 0.29) is 0 Å². The van der Waals surface area contributed by atoms with Gasteiger partial charge in [-0.25, -0.2) is 13.6 Å². The van der Waals surface area contributed by atoms with E-state index in [1.54, 1.807) is 13.8 Å². The zero-order valence-corrected chi connectivity index (χ0v) is 7.60. The lowest BCUT2D eigenvalue weighted by molar-refractivity contribution is 0.0412. The number of rotatable bonds is 0. The average molecular weight is 199 g/mol. The third-order valence-corrected chi connectivity index (χ3v) is 2.61. The van der Waals surface area contributed by atoms with Gasteiger partial charge in [-0.3, -0.25) is 0 Å². The number of halogens is 2. The second-order valence-electron chi connectivity index (χ2n) is 2.90. The monoisotopic (exact) mass is 198 g/mol. The predicted molar refractivity (Wildman–Crippen MR) is 40.9 cm³/mol. The van der Waals surface area contributed by atoms with Crippen molar-refractivity contribution in [2.24, 2.45) is 0 Å². The highest BCUT2D eigenvalue weighted by Crippen LogP contribution is 2.33. The smallest absolute Gasteiger partial charge is 0.352 e. The van der Waals surface area contributed by atoms with Crippen molar-refractivity contribution in [3.63, 3.8) is 0 Å². The minimum absolute atomic E-state index is 0.606. The van der Waals surface area contributed by atoms with Crippen molar-refractivity contribution >= 4 is 29.6 Å². The van der Waals surface area contributed by atoms with Gasteiger partial charge in [0.1, 0.15) is 5.54 Å². The van der Waals surface area contributed by atoms with Crippen LogP contribution in [0.4, 0.5) is 4.79 Å². The third-order valence-electron chi connectivity index (χ3n) is 1.70. The summed E-state index contributed by atoms with van der Waals surface area (Å²) >= 11 is 10.9. The number of carbonyl (C=O) groups is 1. The summed E-state index contributed by atoms with van der Waals surface area (Å²) in [6, 6.07) is -0.606. The highest BCUT2D eigenvalue weighted by Gasteiger charge is 2.50. The van der Waals surface area contributed by atoms with Crippen molar-refractivity contribution in [2.75, 3.05) is 0 Å². The Hall–Kier alpha value is -0.190. The maximum Gasteiger partial charge on any atom is 0.352 e. The van der Waals surface area contributed by atoms with Gasteiger partial charge >= 0.3 is 6.03 Å². The average Bonchev–Trinajstić information content (AvgIpc) is 2.06. The van der Waals surface area contributed by atoms with Gasteiger partial charge in [-0.15, -0.1) is 0 Å². The maximum absolute atomic E-state index is 11.0. The molecule has 0 aromatic carbocycles. The topological polar surface area (TPSA) is 43.8 Å². The van der Waals surface area contributed by atoms with Gasteiger partial charge in [-0.1, -0.05) is 0 Å². The maximum atomic E-state index is 11.0. The first-order chi connectivity index (χ1) is 4.89. The van der Waals surface area contributed by atoms with Gasteiger partial charge in [0.2, 0.25) is 0 Å². The van der Waals surface area contributed by atoms with Crippen molar-refractivity contribution in [2.45, 2.75) is 25.6 Å². The molecule has 4 nitrogen and oxygen atoms in total. The van der Waals surface area contributed by atoms with Gasteiger partial charge in [-0.05, 0) is 13.8 Å². The number of urea groups is 1. The fourth-order valence-electron chi connectivity index (χ4n) is 0.814. The predicted octanol–water partition coefficient (Wildman–Crippen LogP) is 1.13. The van der Waals surface area contributed by atoms with Crippen LogP contribution in [0.3, 0.4) is 0 Å². The Morgan fingerprint density at radius 3 is 2.09 bits per heavy atom. The van der Waals surface area contributed by atoms with E-state index in [2.05, 4.69) is 0 Å². The molecule has 0 bridgehead atoms.